The van der Waals surface area contributed by atoms with Gasteiger partial charge in [-0.25, -0.2) is 4.98 Å². The average Bonchev–Trinajstić information content (AvgIpc) is 2.56. The number of aromatic nitrogens is 1. The maximum absolute atomic E-state index is 12.2. The molecule has 25 heavy (non-hydrogen) atoms. The van der Waals surface area contributed by atoms with Crippen molar-refractivity contribution in [3.8, 4) is 5.75 Å². The van der Waals surface area contributed by atoms with E-state index in [4.69, 9.17) is 11.6 Å². The predicted octanol–water partition coefficient (Wildman–Crippen LogP) is 5.57. The molecule has 0 aliphatic heterocycles. The summed E-state index contributed by atoms with van der Waals surface area (Å²) in [5.74, 6) is 0.235. The fourth-order valence-electron chi connectivity index (χ4n) is 2.36. The van der Waals surface area contributed by atoms with Crippen molar-refractivity contribution in [3.05, 3.63) is 53.6 Å². The van der Waals surface area contributed by atoms with Gasteiger partial charge in [0.2, 0.25) is 0 Å². The molecule has 3 aromatic rings. The van der Waals surface area contributed by atoms with Crippen molar-refractivity contribution >= 4 is 39.7 Å². The summed E-state index contributed by atoms with van der Waals surface area (Å²) >= 11 is 6.20. The number of anilines is 3. The topological polar surface area (TPSA) is 46.2 Å². The van der Waals surface area contributed by atoms with Crippen molar-refractivity contribution in [2.75, 3.05) is 17.7 Å². The van der Waals surface area contributed by atoms with E-state index in [0.29, 0.717) is 22.0 Å². The number of rotatable bonds is 4. The lowest BCUT2D eigenvalue weighted by molar-refractivity contribution is -0.274. The number of benzene rings is 2. The first kappa shape index (κ1) is 17.2. The predicted molar refractivity (Wildman–Crippen MR) is 92.7 cm³/mol. The van der Waals surface area contributed by atoms with E-state index in [1.54, 1.807) is 19.2 Å². The molecule has 130 valence electrons. The number of nitrogens with one attached hydrogen (secondary N) is 2. The van der Waals surface area contributed by atoms with Gasteiger partial charge in [-0.2, -0.15) is 0 Å². The molecule has 8 heteroatoms. The van der Waals surface area contributed by atoms with E-state index < -0.39 is 6.36 Å². The van der Waals surface area contributed by atoms with Gasteiger partial charge in [0.25, 0.3) is 0 Å². The molecule has 1 heterocycles. The number of hydrogen-bond donors (Lipinski definition) is 2. The SMILES string of the molecule is CNc1ccc(Cl)c2nc(Nc3ccc(OC(F)(F)F)cc3)ccc12. The summed E-state index contributed by atoms with van der Waals surface area (Å²) in [6.07, 6.45) is -4.71. The second-order valence-corrected chi connectivity index (χ2v) is 5.54. The standard InChI is InChI=1S/C17H13ClF3N3O/c1-22-14-8-7-13(18)16-12(14)6-9-15(24-16)23-10-2-4-11(5-3-10)25-17(19,20)21/h2-9,22H,1H3,(H,23,24). The van der Waals surface area contributed by atoms with Crippen molar-refractivity contribution in [2.24, 2.45) is 0 Å². The average molecular weight is 368 g/mol. The van der Waals surface area contributed by atoms with Crippen LogP contribution in [0.2, 0.25) is 5.02 Å². The fourth-order valence-corrected chi connectivity index (χ4v) is 2.57. The summed E-state index contributed by atoms with van der Waals surface area (Å²) in [4.78, 5) is 4.47. The van der Waals surface area contributed by atoms with Gasteiger partial charge >= 0.3 is 6.36 Å². The number of alkyl halides is 3. The molecular weight excluding hydrogens is 355 g/mol. The Balaban J connectivity index is 1.84. The van der Waals surface area contributed by atoms with Gasteiger partial charge in [0.15, 0.2) is 0 Å². The number of nitrogens with zero attached hydrogens (tertiary/aromatic N) is 1. The van der Waals surface area contributed by atoms with Crippen LogP contribution in [0, 0.1) is 0 Å². The van der Waals surface area contributed by atoms with Crippen LogP contribution >= 0.6 is 11.6 Å². The summed E-state index contributed by atoms with van der Waals surface area (Å²) in [6, 6.07) is 12.6. The third-order valence-electron chi connectivity index (χ3n) is 3.44. The lowest BCUT2D eigenvalue weighted by atomic mass is 10.1. The number of fused-ring (bicyclic) bond motifs is 1. The summed E-state index contributed by atoms with van der Waals surface area (Å²) in [7, 11) is 1.80. The zero-order valence-electron chi connectivity index (χ0n) is 13.0. The fraction of sp³-hybridized carbons (Fsp3) is 0.118. The molecule has 0 aliphatic rings. The van der Waals surface area contributed by atoms with E-state index in [2.05, 4.69) is 20.4 Å². The van der Waals surface area contributed by atoms with Gasteiger partial charge < -0.3 is 15.4 Å². The van der Waals surface area contributed by atoms with Crippen molar-refractivity contribution in [3.63, 3.8) is 0 Å². The van der Waals surface area contributed by atoms with Crippen LogP contribution in [0.1, 0.15) is 0 Å². The lowest BCUT2D eigenvalue weighted by Crippen LogP contribution is -2.16. The Labute approximate surface area is 146 Å². The molecule has 3 rings (SSSR count). The molecule has 2 aromatic carbocycles. The number of hydrogen-bond acceptors (Lipinski definition) is 4. The van der Waals surface area contributed by atoms with Crippen LogP contribution in [0.25, 0.3) is 10.9 Å². The molecule has 0 radical (unpaired) electrons. The molecule has 0 atom stereocenters. The van der Waals surface area contributed by atoms with Gasteiger partial charge in [-0.3, -0.25) is 0 Å². The molecule has 0 saturated heterocycles. The van der Waals surface area contributed by atoms with Crippen molar-refractivity contribution < 1.29 is 17.9 Å². The van der Waals surface area contributed by atoms with Crippen molar-refractivity contribution in [2.45, 2.75) is 6.36 Å². The normalized spacial score (nSPS) is 11.4. The Hall–Kier alpha value is -2.67. The highest BCUT2D eigenvalue weighted by molar-refractivity contribution is 6.35. The summed E-state index contributed by atoms with van der Waals surface area (Å²) in [5.41, 5.74) is 2.09. The van der Waals surface area contributed by atoms with Crippen LogP contribution in [-0.4, -0.2) is 18.4 Å². The third-order valence-corrected chi connectivity index (χ3v) is 3.74. The van der Waals surface area contributed by atoms with E-state index in [1.165, 1.54) is 24.3 Å². The molecule has 1 aromatic heterocycles. The molecule has 0 fully saturated rings. The van der Waals surface area contributed by atoms with Crippen molar-refractivity contribution in [1.29, 1.82) is 0 Å². The number of ether oxygens (including phenoxy) is 1. The second-order valence-electron chi connectivity index (χ2n) is 5.13. The van der Waals surface area contributed by atoms with Crippen LogP contribution in [0.15, 0.2) is 48.5 Å². The quantitative estimate of drug-likeness (QED) is 0.632. The van der Waals surface area contributed by atoms with Crippen LogP contribution in [0.5, 0.6) is 5.75 Å². The second kappa shape index (κ2) is 6.68. The highest BCUT2D eigenvalue weighted by Gasteiger charge is 2.30. The smallest absolute Gasteiger partial charge is 0.406 e. The lowest BCUT2D eigenvalue weighted by Gasteiger charge is -2.11. The Morgan fingerprint density at radius 1 is 1.00 bits per heavy atom. The van der Waals surface area contributed by atoms with Crippen LogP contribution < -0.4 is 15.4 Å². The molecular formula is C17H13ClF3N3O. The van der Waals surface area contributed by atoms with Gasteiger partial charge in [0.1, 0.15) is 11.6 Å². The minimum atomic E-state index is -4.71. The van der Waals surface area contributed by atoms with Gasteiger partial charge in [0, 0.05) is 23.8 Å². The highest BCUT2D eigenvalue weighted by atomic mass is 35.5. The van der Waals surface area contributed by atoms with Crippen LogP contribution in [0.4, 0.5) is 30.4 Å². The van der Waals surface area contributed by atoms with E-state index >= 15 is 0 Å². The zero-order chi connectivity index (χ0) is 18.0. The Bertz CT molecular complexity index is 898. The maximum atomic E-state index is 12.2. The summed E-state index contributed by atoms with van der Waals surface area (Å²) < 4.78 is 40.4. The van der Waals surface area contributed by atoms with E-state index in [1.807, 2.05) is 12.1 Å². The van der Waals surface area contributed by atoms with E-state index in [-0.39, 0.29) is 5.75 Å². The molecule has 0 spiro atoms. The third kappa shape index (κ3) is 4.06. The minimum Gasteiger partial charge on any atom is -0.406 e. The summed E-state index contributed by atoms with van der Waals surface area (Å²) in [6.45, 7) is 0. The molecule has 0 amide bonds. The van der Waals surface area contributed by atoms with Crippen molar-refractivity contribution in [1.82, 2.24) is 4.98 Å². The van der Waals surface area contributed by atoms with Crippen LogP contribution in [-0.2, 0) is 0 Å². The minimum absolute atomic E-state index is 0.286. The largest absolute Gasteiger partial charge is 0.573 e. The Morgan fingerprint density at radius 2 is 1.72 bits per heavy atom. The first-order valence-corrected chi connectivity index (χ1v) is 7.63. The van der Waals surface area contributed by atoms with E-state index in [0.717, 1.165) is 11.1 Å². The molecule has 0 unspecified atom stereocenters. The monoisotopic (exact) mass is 367 g/mol. The van der Waals surface area contributed by atoms with Crippen LogP contribution in [0.3, 0.4) is 0 Å². The Morgan fingerprint density at radius 3 is 2.36 bits per heavy atom. The van der Waals surface area contributed by atoms with Gasteiger partial charge in [-0.15, -0.1) is 13.2 Å². The Kier molecular flexibility index (Phi) is 4.59. The number of halogens is 4. The van der Waals surface area contributed by atoms with Gasteiger partial charge in [0.05, 0.1) is 10.5 Å². The zero-order valence-corrected chi connectivity index (χ0v) is 13.7. The molecule has 4 nitrogen and oxygen atoms in total. The van der Waals surface area contributed by atoms with Gasteiger partial charge in [-0.05, 0) is 48.5 Å². The first-order chi connectivity index (χ1) is 11.9. The molecule has 0 saturated carbocycles. The molecule has 2 N–H and O–H groups in total. The number of pyridine rings is 1. The maximum Gasteiger partial charge on any atom is 0.573 e. The molecule has 0 bridgehead atoms. The highest BCUT2D eigenvalue weighted by Crippen LogP contribution is 2.30. The summed E-state index contributed by atoms with van der Waals surface area (Å²) in [5, 5.41) is 7.47. The first-order valence-electron chi connectivity index (χ1n) is 7.25. The van der Waals surface area contributed by atoms with Gasteiger partial charge in [-0.1, -0.05) is 11.6 Å². The molecule has 0 aliphatic carbocycles. The van der Waals surface area contributed by atoms with E-state index in [9.17, 15) is 13.2 Å².